The van der Waals surface area contributed by atoms with Crippen LogP contribution in [0.4, 0.5) is 0 Å². The summed E-state index contributed by atoms with van der Waals surface area (Å²) in [7, 11) is 3.17. The molecule has 3 aromatic heterocycles. The molecule has 0 aliphatic carbocycles. The van der Waals surface area contributed by atoms with Crippen LogP contribution in [-0.4, -0.2) is 81.1 Å². The zero-order chi connectivity index (χ0) is 25.2. The summed E-state index contributed by atoms with van der Waals surface area (Å²) < 4.78 is 12.4. The maximum Gasteiger partial charge on any atom is 0.274 e. The van der Waals surface area contributed by atoms with Crippen molar-refractivity contribution in [3.63, 3.8) is 0 Å². The third-order valence-corrected chi connectivity index (χ3v) is 6.36. The summed E-state index contributed by atoms with van der Waals surface area (Å²) in [6, 6.07) is 12.4. The van der Waals surface area contributed by atoms with Crippen molar-refractivity contribution in [3.8, 4) is 22.8 Å². The van der Waals surface area contributed by atoms with E-state index in [1.54, 1.807) is 65.3 Å². The van der Waals surface area contributed by atoms with Crippen molar-refractivity contribution in [2.24, 2.45) is 0 Å². The van der Waals surface area contributed by atoms with E-state index in [9.17, 15) is 9.59 Å². The number of methoxy groups -OCH3 is 2. The van der Waals surface area contributed by atoms with Gasteiger partial charge in [-0.1, -0.05) is 0 Å². The van der Waals surface area contributed by atoms with E-state index in [4.69, 9.17) is 9.47 Å². The Morgan fingerprint density at radius 3 is 2.42 bits per heavy atom. The Bertz CT molecular complexity index is 1420. The molecule has 10 nitrogen and oxygen atoms in total. The minimum Gasteiger partial charge on any atom is -0.493 e. The minimum absolute atomic E-state index is 0.0616. The van der Waals surface area contributed by atoms with Crippen molar-refractivity contribution in [1.29, 1.82) is 0 Å². The van der Waals surface area contributed by atoms with Gasteiger partial charge in [-0.2, -0.15) is 5.10 Å². The molecule has 5 rings (SSSR count). The van der Waals surface area contributed by atoms with E-state index in [1.807, 2.05) is 31.2 Å². The molecule has 0 spiro atoms. The zero-order valence-corrected chi connectivity index (χ0v) is 20.3. The number of piperazine rings is 1. The van der Waals surface area contributed by atoms with Gasteiger partial charge in [0.2, 0.25) is 0 Å². The van der Waals surface area contributed by atoms with Crippen LogP contribution in [0.1, 0.15) is 27.8 Å². The Balaban J connectivity index is 1.37. The van der Waals surface area contributed by atoms with Crippen LogP contribution in [0.2, 0.25) is 0 Å². The fourth-order valence-corrected chi connectivity index (χ4v) is 4.48. The van der Waals surface area contributed by atoms with Crippen LogP contribution in [0.3, 0.4) is 0 Å². The van der Waals surface area contributed by atoms with Crippen molar-refractivity contribution in [1.82, 2.24) is 29.4 Å². The Morgan fingerprint density at radius 2 is 1.69 bits per heavy atom. The molecule has 1 aliphatic rings. The lowest BCUT2D eigenvalue weighted by Crippen LogP contribution is -2.55. The lowest BCUT2D eigenvalue weighted by atomic mass is 10.1. The molecule has 1 fully saturated rings. The van der Waals surface area contributed by atoms with E-state index < -0.39 is 0 Å². The molecule has 36 heavy (non-hydrogen) atoms. The van der Waals surface area contributed by atoms with Crippen LogP contribution in [0.15, 0.2) is 61.1 Å². The summed E-state index contributed by atoms with van der Waals surface area (Å²) >= 11 is 0. The molecule has 1 aromatic carbocycles. The number of aromatic nitrogens is 4. The van der Waals surface area contributed by atoms with Gasteiger partial charge in [-0.3, -0.25) is 14.6 Å². The van der Waals surface area contributed by atoms with Gasteiger partial charge in [0.05, 0.1) is 19.9 Å². The van der Waals surface area contributed by atoms with Gasteiger partial charge in [-0.25, -0.2) is 9.50 Å². The predicted octanol–water partition coefficient (Wildman–Crippen LogP) is 2.80. The molecule has 10 heteroatoms. The maximum absolute atomic E-state index is 13.4. The maximum atomic E-state index is 13.4. The Labute approximate surface area is 208 Å². The van der Waals surface area contributed by atoms with E-state index in [0.717, 1.165) is 11.3 Å². The normalized spacial score (nSPS) is 15.7. The highest BCUT2D eigenvalue weighted by molar-refractivity contribution is 5.95. The number of amides is 2. The van der Waals surface area contributed by atoms with Crippen molar-refractivity contribution in [2.45, 2.75) is 13.0 Å². The van der Waals surface area contributed by atoms with Crippen LogP contribution in [0.5, 0.6) is 11.5 Å². The van der Waals surface area contributed by atoms with E-state index in [2.05, 4.69) is 15.1 Å². The van der Waals surface area contributed by atoms with Crippen molar-refractivity contribution in [3.05, 3.63) is 72.3 Å². The number of carbonyl (C=O) groups excluding carboxylic acids is 2. The highest BCUT2D eigenvalue weighted by atomic mass is 16.5. The van der Waals surface area contributed by atoms with E-state index in [0.29, 0.717) is 48.0 Å². The first kappa shape index (κ1) is 23.3. The van der Waals surface area contributed by atoms with Crippen LogP contribution >= 0.6 is 0 Å². The summed E-state index contributed by atoms with van der Waals surface area (Å²) in [6.07, 6.45) is 4.89. The summed E-state index contributed by atoms with van der Waals surface area (Å²) in [6.45, 7) is 3.22. The average Bonchev–Trinajstić information content (AvgIpc) is 3.37. The number of carbonyl (C=O) groups is 2. The topological polar surface area (TPSA) is 102 Å². The quantitative estimate of drug-likeness (QED) is 0.427. The van der Waals surface area contributed by atoms with Gasteiger partial charge in [0.25, 0.3) is 11.8 Å². The SMILES string of the molecule is COc1ccc(-c2ccnc3cc(C(=O)N4CCN(C(=O)c5ccncc5)[C@@H](C)C4)nn23)cc1OC. The predicted molar refractivity (Wildman–Crippen MR) is 132 cm³/mol. The number of ether oxygens (including phenoxy) is 2. The minimum atomic E-state index is -0.193. The lowest BCUT2D eigenvalue weighted by molar-refractivity contribution is 0.0411. The summed E-state index contributed by atoms with van der Waals surface area (Å²) in [5.41, 5.74) is 3.06. The summed E-state index contributed by atoms with van der Waals surface area (Å²) in [5, 5.41) is 4.59. The summed E-state index contributed by atoms with van der Waals surface area (Å²) in [4.78, 5) is 38.1. The molecule has 0 unspecified atom stereocenters. The third-order valence-electron chi connectivity index (χ3n) is 6.36. The van der Waals surface area contributed by atoms with Gasteiger partial charge in [-0.05, 0) is 43.3 Å². The third kappa shape index (κ3) is 4.21. The van der Waals surface area contributed by atoms with Crippen LogP contribution in [0.25, 0.3) is 16.9 Å². The Morgan fingerprint density at radius 1 is 0.917 bits per heavy atom. The van der Waals surface area contributed by atoms with Crippen LogP contribution < -0.4 is 9.47 Å². The zero-order valence-electron chi connectivity index (χ0n) is 20.3. The number of pyridine rings is 1. The lowest BCUT2D eigenvalue weighted by Gasteiger charge is -2.39. The molecular weight excluding hydrogens is 460 g/mol. The number of rotatable bonds is 5. The molecular formula is C26H26N6O4. The second-order valence-electron chi connectivity index (χ2n) is 8.53. The smallest absolute Gasteiger partial charge is 0.274 e. The second kappa shape index (κ2) is 9.65. The molecule has 4 aromatic rings. The monoisotopic (exact) mass is 486 g/mol. The number of benzene rings is 1. The first-order chi connectivity index (χ1) is 17.5. The molecule has 0 radical (unpaired) electrons. The van der Waals surface area contributed by atoms with E-state index in [1.165, 1.54) is 0 Å². The van der Waals surface area contributed by atoms with Crippen molar-refractivity contribution < 1.29 is 19.1 Å². The highest BCUT2D eigenvalue weighted by Gasteiger charge is 2.31. The van der Waals surface area contributed by atoms with Gasteiger partial charge < -0.3 is 19.3 Å². The second-order valence-corrected chi connectivity index (χ2v) is 8.53. The van der Waals surface area contributed by atoms with Gasteiger partial charge >= 0.3 is 0 Å². The largest absolute Gasteiger partial charge is 0.493 e. The highest BCUT2D eigenvalue weighted by Crippen LogP contribution is 2.32. The van der Waals surface area contributed by atoms with Crippen molar-refractivity contribution >= 4 is 17.5 Å². The Hall–Kier alpha value is -4.47. The molecule has 0 saturated carbocycles. The van der Waals surface area contributed by atoms with Gasteiger partial charge in [0, 0.05) is 61.5 Å². The van der Waals surface area contributed by atoms with Gasteiger partial charge in [0.15, 0.2) is 22.8 Å². The average molecular weight is 487 g/mol. The van der Waals surface area contributed by atoms with E-state index in [-0.39, 0.29) is 17.9 Å². The van der Waals surface area contributed by atoms with E-state index >= 15 is 0 Å². The van der Waals surface area contributed by atoms with Gasteiger partial charge in [-0.15, -0.1) is 0 Å². The molecule has 0 N–H and O–H groups in total. The molecule has 1 atom stereocenters. The number of hydrogen-bond acceptors (Lipinski definition) is 7. The molecule has 184 valence electrons. The molecule has 1 saturated heterocycles. The number of nitrogens with zero attached hydrogens (tertiary/aromatic N) is 6. The summed E-state index contributed by atoms with van der Waals surface area (Å²) in [5.74, 6) is 0.963. The van der Waals surface area contributed by atoms with Crippen LogP contribution in [0, 0.1) is 0 Å². The fourth-order valence-electron chi connectivity index (χ4n) is 4.48. The Kier molecular flexibility index (Phi) is 6.24. The fraction of sp³-hybridized carbons (Fsp3) is 0.269. The van der Waals surface area contributed by atoms with Gasteiger partial charge in [0.1, 0.15) is 0 Å². The first-order valence-corrected chi connectivity index (χ1v) is 11.6. The molecule has 1 aliphatic heterocycles. The standard InChI is InChI=1S/C26H26N6O4/c1-17-16-30(12-13-31(17)25(33)18-6-9-27-10-7-18)26(34)20-15-24-28-11-8-21(32(24)29-20)19-4-5-22(35-2)23(14-19)36-3/h4-11,14-15,17H,12-13,16H2,1-3H3/t17-/m0/s1. The number of hydrogen-bond donors (Lipinski definition) is 0. The number of fused-ring (bicyclic) bond motifs is 1. The van der Waals surface area contributed by atoms with Crippen LogP contribution in [-0.2, 0) is 0 Å². The van der Waals surface area contributed by atoms with Crippen molar-refractivity contribution in [2.75, 3.05) is 33.9 Å². The molecule has 4 heterocycles. The molecule has 2 amide bonds. The first-order valence-electron chi connectivity index (χ1n) is 11.6. The molecule has 0 bridgehead atoms.